The third-order valence-corrected chi connectivity index (χ3v) is 2.85. The van der Waals surface area contributed by atoms with Crippen molar-refractivity contribution in [2.24, 2.45) is 5.18 Å². The predicted octanol–water partition coefficient (Wildman–Crippen LogP) is 3.53. The van der Waals surface area contributed by atoms with Gasteiger partial charge in [-0.15, -0.1) is 4.91 Å². The Balaban J connectivity index is 2.55. The molecule has 4 nitrogen and oxygen atoms in total. The first kappa shape index (κ1) is 9.72. The molecule has 1 aromatic heterocycles. The van der Waals surface area contributed by atoms with Crippen molar-refractivity contribution in [2.75, 3.05) is 0 Å². The second kappa shape index (κ2) is 3.52. The van der Waals surface area contributed by atoms with E-state index >= 15 is 0 Å². The summed E-state index contributed by atoms with van der Waals surface area (Å²) in [5.41, 5.74) is 2.32. The second-order valence-electron chi connectivity index (χ2n) is 3.84. The maximum atomic E-state index is 10.8. The van der Waals surface area contributed by atoms with Crippen LogP contribution >= 0.6 is 0 Å². The summed E-state index contributed by atoms with van der Waals surface area (Å²) in [4.78, 5) is 24.7. The van der Waals surface area contributed by atoms with Crippen LogP contribution in [0.5, 0.6) is 0 Å². The van der Waals surface area contributed by atoms with Crippen molar-refractivity contribution in [1.82, 2.24) is 4.98 Å². The molecule has 0 saturated carbocycles. The average Bonchev–Trinajstić information content (AvgIpc) is 2.76. The number of nitrogens with one attached hydrogen (secondary N) is 1. The number of hydrogen-bond acceptors (Lipinski definition) is 3. The molecule has 4 heteroatoms. The van der Waals surface area contributed by atoms with Crippen LogP contribution in [0.25, 0.3) is 21.8 Å². The Morgan fingerprint density at radius 2 is 1.94 bits per heavy atom. The number of aldehydes is 1. The van der Waals surface area contributed by atoms with Gasteiger partial charge in [0.05, 0.1) is 5.52 Å². The molecule has 0 saturated heterocycles. The highest BCUT2D eigenvalue weighted by atomic mass is 16.3. The van der Waals surface area contributed by atoms with Crippen LogP contribution in [-0.2, 0) is 0 Å². The van der Waals surface area contributed by atoms with Crippen LogP contribution in [0.1, 0.15) is 10.4 Å². The van der Waals surface area contributed by atoms with Gasteiger partial charge in [0.25, 0.3) is 0 Å². The number of carbonyl (C=O) groups excluding carboxylic acids is 1. The van der Waals surface area contributed by atoms with Crippen LogP contribution in [-0.4, -0.2) is 11.3 Å². The maximum absolute atomic E-state index is 10.8. The minimum atomic E-state index is 0.265. The number of aromatic nitrogens is 1. The summed E-state index contributed by atoms with van der Waals surface area (Å²) in [6, 6.07) is 10.9. The van der Waals surface area contributed by atoms with Crippen LogP contribution in [0, 0.1) is 4.91 Å². The van der Waals surface area contributed by atoms with Gasteiger partial charge in [0.1, 0.15) is 12.0 Å². The Bertz CT molecular complexity index is 744. The molecule has 0 aliphatic heterocycles. The summed E-state index contributed by atoms with van der Waals surface area (Å²) >= 11 is 0. The Labute approximate surface area is 96.2 Å². The average molecular weight is 224 g/mol. The van der Waals surface area contributed by atoms with Crippen LogP contribution in [0.3, 0.4) is 0 Å². The van der Waals surface area contributed by atoms with E-state index in [1.165, 1.54) is 6.07 Å². The van der Waals surface area contributed by atoms with Crippen LogP contribution in [0.2, 0.25) is 0 Å². The normalized spacial score (nSPS) is 10.8. The fraction of sp³-hybridized carbons (Fsp3) is 0. The topological polar surface area (TPSA) is 62.3 Å². The van der Waals surface area contributed by atoms with Gasteiger partial charge in [0, 0.05) is 21.9 Å². The van der Waals surface area contributed by atoms with Crippen LogP contribution in [0.15, 0.2) is 41.6 Å². The molecule has 0 amide bonds. The van der Waals surface area contributed by atoms with Gasteiger partial charge < -0.3 is 4.98 Å². The Morgan fingerprint density at radius 1 is 1.12 bits per heavy atom. The lowest BCUT2D eigenvalue weighted by Gasteiger charge is -1.96. The van der Waals surface area contributed by atoms with Gasteiger partial charge in [0.15, 0.2) is 0 Å². The van der Waals surface area contributed by atoms with E-state index in [0.717, 1.165) is 22.6 Å². The van der Waals surface area contributed by atoms with E-state index in [-0.39, 0.29) is 5.69 Å². The number of fused-ring (bicyclic) bond motifs is 3. The van der Waals surface area contributed by atoms with E-state index in [0.29, 0.717) is 11.1 Å². The van der Waals surface area contributed by atoms with E-state index < -0.39 is 0 Å². The van der Waals surface area contributed by atoms with Gasteiger partial charge in [-0.2, -0.15) is 0 Å². The molecule has 0 fully saturated rings. The van der Waals surface area contributed by atoms with E-state index in [2.05, 4.69) is 10.2 Å². The van der Waals surface area contributed by atoms with Gasteiger partial charge in [-0.25, -0.2) is 0 Å². The third kappa shape index (κ3) is 1.34. The molecule has 1 N–H and O–H groups in total. The third-order valence-electron chi connectivity index (χ3n) is 2.85. The molecule has 0 aliphatic carbocycles. The number of nitrogens with zero attached hydrogens (tertiary/aromatic N) is 1. The van der Waals surface area contributed by atoms with Gasteiger partial charge in [-0.1, -0.05) is 18.2 Å². The number of nitroso groups, excluding NO2 is 1. The van der Waals surface area contributed by atoms with E-state index in [1.54, 1.807) is 6.07 Å². The lowest BCUT2D eigenvalue weighted by atomic mass is 10.1. The van der Waals surface area contributed by atoms with Gasteiger partial charge >= 0.3 is 0 Å². The van der Waals surface area contributed by atoms with Crippen molar-refractivity contribution in [3.63, 3.8) is 0 Å². The van der Waals surface area contributed by atoms with Crippen molar-refractivity contribution >= 4 is 33.8 Å². The lowest BCUT2D eigenvalue weighted by molar-refractivity contribution is 0.112. The highest BCUT2D eigenvalue weighted by molar-refractivity contribution is 6.12. The maximum Gasteiger partial charge on any atom is 0.150 e. The first-order valence-corrected chi connectivity index (χ1v) is 5.16. The van der Waals surface area contributed by atoms with Crippen molar-refractivity contribution in [3.05, 3.63) is 46.9 Å². The molecule has 0 aliphatic rings. The zero-order chi connectivity index (χ0) is 11.8. The number of hydrogen-bond donors (Lipinski definition) is 1. The fourth-order valence-corrected chi connectivity index (χ4v) is 2.09. The predicted molar refractivity (Wildman–Crippen MR) is 66.6 cm³/mol. The minimum Gasteiger partial charge on any atom is -0.353 e. The minimum absolute atomic E-state index is 0.265. The number of rotatable bonds is 2. The summed E-state index contributed by atoms with van der Waals surface area (Å²) in [6.45, 7) is 0. The Hall–Kier alpha value is -2.49. The standard InChI is InChI=1S/C13H8N2O2/c16-7-8-5-10-9-3-1-2-4-11(9)14-13(10)12(6-8)15-17/h1-7,14H. The second-order valence-corrected chi connectivity index (χ2v) is 3.84. The summed E-state index contributed by atoms with van der Waals surface area (Å²) in [5, 5.41) is 4.79. The summed E-state index contributed by atoms with van der Waals surface area (Å²) in [7, 11) is 0. The zero-order valence-corrected chi connectivity index (χ0v) is 8.81. The number of carbonyl (C=O) groups is 1. The molecule has 0 radical (unpaired) electrons. The Kier molecular flexibility index (Phi) is 2.01. The van der Waals surface area contributed by atoms with Crippen molar-refractivity contribution in [2.45, 2.75) is 0 Å². The van der Waals surface area contributed by atoms with E-state index in [9.17, 15) is 9.70 Å². The number of benzene rings is 2. The van der Waals surface area contributed by atoms with Gasteiger partial charge in [-0.05, 0) is 23.4 Å². The fourth-order valence-electron chi connectivity index (χ4n) is 2.09. The molecule has 1 heterocycles. The molecule has 82 valence electrons. The summed E-state index contributed by atoms with van der Waals surface area (Å²) < 4.78 is 0. The van der Waals surface area contributed by atoms with Gasteiger partial charge in [-0.3, -0.25) is 4.79 Å². The summed E-state index contributed by atoms with van der Waals surface area (Å²) in [6.07, 6.45) is 0.718. The number of para-hydroxylation sites is 1. The molecule has 0 atom stereocenters. The first-order chi connectivity index (χ1) is 8.33. The lowest BCUT2D eigenvalue weighted by Crippen LogP contribution is -1.79. The monoisotopic (exact) mass is 224 g/mol. The van der Waals surface area contributed by atoms with Crippen molar-refractivity contribution in [3.8, 4) is 0 Å². The zero-order valence-electron chi connectivity index (χ0n) is 8.81. The van der Waals surface area contributed by atoms with Crippen molar-refractivity contribution < 1.29 is 4.79 Å². The molecular formula is C13H8N2O2. The number of H-pyrrole nitrogens is 1. The van der Waals surface area contributed by atoms with E-state index in [4.69, 9.17) is 0 Å². The highest BCUT2D eigenvalue weighted by Crippen LogP contribution is 2.32. The molecule has 0 spiro atoms. The first-order valence-electron chi connectivity index (χ1n) is 5.16. The molecule has 2 aromatic carbocycles. The molecular weight excluding hydrogens is 216 g/mol. The number of aromatic amines is 1. The molecule has 0 unspecified atom stereocenters. The molecule has 0 bridgehead atoms. The highest BCUT2D eigenvalue weighted by Gasteiger charge is 2.10. The molecule has 3 rings (SSSR count). The van der Waals surface area contributed by atoms with Crippen molar-refractivity contribution in [1.29, 1.82) is 0 Å². The summed E-state index contributed by atoms with van der Waals surface area (Å²) in [5.74, 6) is 0. The van der Waals surface area contributed by atoms with Crippen LogP contribution < -0.4 is 0 Å². The SMILES string of the molecule is O=Cc1cc(N=O)c2[nH]c3ccccc3c2c1. The Morgan fingerprint density at radius 3 is 2.71 bits per heavy atom. The molecule has 17 heavy (non-hydrogen) atoms. The van der Waals surface area contributed by atoms with Crippen LogP contribution in [0.4, 0.5) is 5.69 Å². The van der Waals surface area contributed by atoms with Gasteiger partial charge in [0.2, 0.25) is 0 Å². The van der Waals surface area contributed by atoms with E-state index in [1.807, 2.05) is 24.3 Å². The molecule has 3 aromatic rings. The quantitative estimate of drug-likeness (QED) is 0.534. The smallest absolute Gasteiger partial charge is 0.150 e. The largest absolute Gasteiger partial charge is 0.353 e.